The van der Waals surface area contributed by atoms with Gasteiger partial charge < -0.3 is 4.57 Å². The zero-order valence-corrected chi connectivity index (χ0v) is 12.2. The van der Waals surface area contributed by atoms with E-state index in [0.29, 0.717) is 18.8 Å². The molecule has 0 amide bonds. The van der Waals surface area contributed by atoms with E-state index in [9.17, 15) is 8.42 Å². The maximum Gasteiger partial charge on any atom is 0.273 e. The molecule has 0 atom stereocenters. The van der Waals surface area contributed by atoms with Crippen LogP contribution in [0, 0.1) is 5.92 Å². The van der Waals surface area contributed by atoms with E-state index < -0.39 is 10.0 Å². The van der Waals surface area contributed by atoms with Crippen molar-refractivity contribution in [3.8, 4) is 0 Å². The smallest absolute Gasteiger partial charge is 0.273 e. The molecule has 0 aliphatic carbocycles. The molecule has 0 bridgehead atoms. The summed E-state index contributed by atoms with van der Waals surface area (Å²) in [5.41, 5.74) is 0.985. The number of nitrogens with two attached hydrogens (primary N) is 1. The molecule has 2 rings (SSSR count). The number of sulfonamides is 1. The summed E-state index contributed by atoms with van der Waals surface area (Å²) in [5, 5.41) is 12.7. The molecule has 0 radical (unpaired) electrons. The molecule has 0 spiro atoms. The van der Waals surface area contributed by atoms with Gasteiger partial charge in [0, 0.05) is 25.4 Å². The third-order valence-electron chi connectivity index (χ3n) is 2.71. The van der Waals surface area contributed by atoms with Crippen LogP contribution >= 0.6 is 0 Å². The minimum Gasteiger partial charge on any atom is -0.300 e. The van der Waals surface area contributed by atoms with E-state index in [1.165, 1.54) is 0 Å². The van der Waals surface area contributed by atoms with Gasteiger partial charge in [-0.25, -0.2) is 13.6 Å². The second-order valence-corrected chi connectivity index (χ2v) is 6.44. The van der Waals surface area contributed by atoms with Crippen molar-refractivity contribution in [1.82, 2.24) is 19.7 Å². The average molecular weight is 295 g/mol. The minimum atomic E-state index is -3.87. The summed E-state index contributed by atoms with van der Waals surface area (Å²) in [6.07, 6.45) is 3.84. The Morgan fingerprint density at radius 3 is 2.45 bits per heavy atom. The van der Waals surface area contributed by atoms with Crippen molar-refractivity contribution >= 4 is 10.0 Å². The van der Waals surface area contributed by atoms with E-state index in [1.54, 1.807) is 17.0 Å². The van der Waals surface area contributed by atoms with Crippen LogP contribution in [0.25, 0.3) is 0 Å². The number of pyridine rings is 1. The Bertz CT molecular complexity index is 679. The van der Waals surface area contributed by atoms with Crippen LogP contribution in [-0.4, -0.2) is 28.2 Å². The minimum absolute atomic E-state index is 0.185. The highest BCUT2D eigenvalue weighted by Crippen LogP contribution is 2.14. The van der Waals surface area contributed by atoms with Crippen LogP contribution in [0.2, 0.25) is 0 Å². The highest BCUT2D eigenvalue weighted by Gasteiger charge is 2.21. The Kier molecular flexibility index (Phi) is 4.15. The van der Waals surface area contributed by atoms with Crippen LogP contribution in [0.1, 0.15) is 25.2 Å². The van der Waals surface area contributed by atoms with Crippen LogP contribution in [0.5, 0.6) is 0 Å². The SMILES string of the molecule is CC(C)Cn1c(Cc2ccncc2)nnc1S(N)(=O)=O. The topological polar surface area (TPSA) is 104 Å². The lowest BCUT2D eigenvalue weighted by atomic mass is 10.2. The molecule has 2 aromatic rings. The number of rotatable bonds is 5. The van der Waals surface area contributed by atoms with Crippen LogP contribution in [0.15, 0.2) is 29.7 Å². The lowest BCUT2D eigenvalue weighted by Gasteiger charge is -2.11. The average Bonchev–Trinajstić information content (AvgIpc) is 2.72. The Labute approximate surface area is 117 Å². The predicted octanol–water partition coefficient (Wildman–Crippen LogP) is 0.567. The lowest BCUT2D eigenvalue weighted by molar-refractivity contribution is 0.472. The largest absolute Gasteiger partial charge is 0.300 e. The predicted molar refractivity (Wildman–Crippen MR) is 73.3 cm³/mol. The summed E-state index contributed by atoms with van der Waals surface area (Å²) in [5.74, 6) is 0.830. The molecule has 7 nitrogen and oxygen atoms in total. The molecule has 2 N–H and O–H groups in total. The van der Waals surface area contributed by atoms with Gasteiger partial charge in [0.05, 0.1) is 0 Å². The summed E-state index contributed by atoms with van der Waals surface area (Å²) in [6, 6.07) is 3.70. The summed E-state index contributed by atoms with van der Waals surface area (Å²) < 4.78 is 24.7. The van der Waals surface area contributed by atoms with Gasteiger partial charge in [-0.2, -0.15) is 0 Å². The summed E-state index contributed by atoms with van der Waals surface area (Å²) in [4.78, 5) is 3.94. The number of aromatic nitrogens is 4. The first-order valence-electron chi connectivity index (χ1n) is 6.21. The van der Waals surface area contributed by atoms with Crippen molar-refractivity contribution in [2.75, 3.05) is 0 Å². The molecule has 0 aliphatic rings. The monoisotopic (exact) mass is 295 g/mol. The van der Waals surface area contributed by atoms with Gasteiger partial charge >= 0.3 is 0 Å². The summed E-state index contributed by atoms with van der Waals surface area (Å²) >= 11 is 0. The van der Waals surface area contributed by atoms with Crippen molar-refractivity contribution in [2.24, 2.45) is 11.1 Å². The van der Waals surface area contributed by atoms with Gasteiger partial charge in [-0.1, -0.05) is 13.8 Å². The van der Waals surface area contributed by atoms with E-state index in [0.717, 1.165) is 5.56 Å². The zero-order chi connectivity index (χ0) is 14.8. The van der Waals surface area contributed by atoms with Gasteiger partial charge in [0.2, 0.25) is 0 Å². The van der Waals surface area contributed by atoms with E-state index in [4.69, 9.17) is 5.14 Å². The van der Waals surface area contributed by atoms with Gasteiger partial charge in [0.25, 0.3) is 15.2 Å². The molecule has 0 aromatic carbocycles. The van der Waals surface area contributed by atoms with Gasteiger partial charge in [0.15, 0.2) is 0 Å². The summed E-state index contributed by atoms with van der Waals surface area (Å²) in [6.45, 7) is 4.48. The quantitative estimate of drug-likeness (QED) is 0.868. The van der Waals surface area contributed by atoms with Crippen molar-refractivity contribution in [3.05, 3.63) is 35.9 Å². The molecule has 2 aromatic heterocycles. The zero-order valence-electron chi connectivity index (χ0n) is 11.4. The Balaban J connectivity index is 2.41. The molecule has 0 saturated heterocycles. The molecule has 20 heavy (non-hydrogen) atoms. The van der Waals surface area contributed by atoms with Crippen LogP contribution in [0.3, 0.4) is 0 Å². The van der Waals surface area contributed by atoms with Gasteiger partial charge in [-0.3, -0.25) is 4.98 Å². The molecule has 0 fully saturated rings. The van der Waals surface area contributed by atoms with Crippen LogP contribution < -0.4 is 5.14 Å². The first-order valence-corrected chi connectivity index (χ1v) is 7.76. The number of hydrogen-bond donors (Lipinski definition) is 1. The molecule has 0 saturated carbocycles. The maximum atomic E-state index is 11.5. The first kappa shape index (κ1) is 14.6. The molecule has 8 heteroatoms. The number of primary sulfonamides is 1. The van der Waals surface area contributed by atoms with Gasteiger partial charge in [-0.05, 0) is 23.6 Å². The van der Waals surface area contributed by atoms with Crippen molar-refractivity contribution in [2.45, 2.75) is 32.0 Å². The number of hydrogen-bond acceptors (Lipinski definition) is 5. The Hall–Kier alpha value is -1.80. The van der Waals surface area contributed by atoms with Crippen molar-refractivity contribution in [1.29, 1.82) is 0 Å². The van der Waals surface area contributed by atoms with Crippen LogP contribution in [-0.2, 0) is 23.0 Å². The Morgan fingerprint density at radius 1 is 1.25 bits per heavy atom. The van der Waals surface area contributed by atoms with Gasteiger partial charge in [0.1, 0.15) is 5.82 Å². The van der Waals surface area contributed by atoms with E-state index in [1.807, 2.05) is 26.0 Å². The maximum absolute atomic E-state index is 11.5. The molecular weight excluding hydrogens is 278 g/mol. The first-order chi connectivity index (χ1) is 9.38. The van der Waals surface area contributed by atoms with E-state index in [2.05, 4.69) is 15.2 Å². The molecular formula is C12H17N5O2S. The third kappa shape index (κ3) is 3.40. The fourth-order valence-corrected chi connectivity index (χ4v) is 2.53. The third-order valence-corrected chi connectivity index (χ3v) is 3.52. The second-order valence-electron chi connectivity index (χ2n) is 4.98. The van der Waals surface area contributed by atoms with Gasteiger partial charge in [-0.15, -0.1) is 10.2 Å². The second kappa shape index (κ2) is 5.68. The van der Waals surface area contributed by atoms with Crippen molar-refractivity contribution < 1.29 is 8.42 Å². The molecule has 2 heterocycles. The van der Waals surface area contributed by atoms with E-state index in [-0.39, 0.29) is 11.1 Å². The highest BCUT2D eigenvalue weighted by atomic mass is 32.2. The van der Waals surface area contributed by atoms with Crippen LogP contribution in [0.4, 0.5) is 0 Å². The standard InChI is InChI=1S/C12H17N5O2S/c1-9(2)8-17-11(7-10-3-5-14-6-4-10)15-16-12(17)20(13,18)19/h3-6,9H,7-8H2,1-2H3,(H2,13,18,19). The molecule has 108 valence electrons. The highest BCUT2D eigenvalue weighted by molar-refractivity contribution is 7.89. The Morgan fingerprint density at radius 2 is 1.90 bits per heavy atom. The normalized spacial score (nSPS) is 12.0. The van der Waals surface area contributed by atoms with E-state index >= 15 is 0 Å². The fourth-order valence-electron chi connectivity index (χ4n) is 1.89. The fraction of sp³-hybridized carbons (Fsp3) is 0.417. The summed E-state index contributed by atoms with van der Waals surface area (Å²) in [7, 11) is -3.87. The lowest BCUT2D eigenvalue weighted by Crippen LogP contribution is -2.21. The number of nitrogens with zero attached hydrogens (tertiary/aromatic N) is 4. The van der Waals surface area contributed by atoms with Crippen molar-refractivity contribution in [3.63, 3.8) is 0 Å². The molecule has 0 unspecified atom stereocenters. The molecule has 0 aliphatic heterocycles.